The predicted octanol–water partition coefficient (Wildman–Crippen LogP) is 2.95. The van der Waals surface area contributed by atoms with Gasteiger partial charge in [0.05, 0.1) is 24.5 Å². The second-order valence-corrected chi connectivity index (χ2v) is 6.42. The van der Waals surface area contributed by atoms with Gasteiger partial charge in [0.1, 0.15) is 5.75 Å². The van der Waals surface area contributed by atoms with Crippen LogP contribution in [-0.4, -0.2) is 42.2 Å². The van der Waals surface area contributed by atoms with E-state index in [1.165, 1.54) is 0 Å². The molecule has 0 radical (unpaired) electrons. The largest absolute Gasteiger partial charge is 0.497 e. The quantitative estimate of drug-likeness (QED) is 0.624. The van der Waals surface area contributed by atoms with E-state index in [-0.39, 0.29) is 12.0 Å². The van der Waals surface area contributed by atoms with Crippen LogP contribution in [0.2, 0.25) is 0 Å². The second-order valence-electron chi connectivity index (χ2n) is 6.42. The van der Waals surface area contributed by atoms with Gasteiger partial charge in [-0.3, -0.25) is 4.79 Å². The predicted molar refractivity (Wildman–Crippen MR) is 105 cm³/mol. The molecule has 0 atom stereocenters. The molecule has 0 unspecified atom stereocenters. The molecule has 27 heavy (non-hydrogen) atoms. The molecule has 1 aromatic carbocycles. The fourth-order valence-corrected chi connectivity index (χ4v) is 2.39. The van der Waals surface area contributed by atoms with Crippen LogP contribution in [-0.2, 0) is 11.3 Å². The summed E-state index contributed by atoms with van der Waals surface area (Å²) in [6.07, 6.45) is 2.53. The number of carbonyl (C=O) groups is 1. The first-order valence-electron chi connectivity index (χ1n) is 9.10. The Morgan fingerprint density at radius 1 is 1.22 bits per heavy atom. The number of hydrogen-bond donors (Lipinski definition) is 2. The number of methoxy groups -OCH3 is 1. The van der Waals surface area contributed by atoms with Crippen molar-refractivity contribution in [2.45, 2.75) is 39.8 Å². The number of nitrogens with one attached hydrogen (secondary N) is 2. The van der Waals surface area contributed by atoms with Crippen LogP contribution in [0.4, 0.5) is 5.95 Å². The van der Waals surface area contributed by atoms with Gasteiger partial charge in [-0.2, -0.15) is 0 Å². The average Bonchev–Trinajstić information content (AvgIpc) is 2.66. The molecule has 0 aliphatic heterocycles. The Morgan fingerprint density at radius 3 is 2.59 bits per heavy atom. The van der Waals surface area contributed by atoms with Crippen molar-refractivity contribution in [3.63, 3.8) is 0 Å². The van der Waals surface area contributed by atoms with Crippen molar-refractivity contribution in [3.05, 3.63) is 47.3 Å². The first kappa shape index (κ1) is 20.6. The van der Waals surface area contributed by atoms with Gasteiger partial charge < -0.3 is 20.1 Å². The number of anilines is 1. The Balaban J connectivity index is 1.83. The summed E-state index contributed by atoms with van der Waals surface area (Å²) in [4.78, 5) is 20.9. The molecule has 0 aliphatic carbocycles. The Bertz CT molecular complexity index is 733. The summed E-state index contributed by atoms with van der Waals surface area (Å²) in [5.74, 6) is 1.14. The van der Waals surface area contributed by atoms with Gasteiger partial charge in [0, 0.05) is 25.9 Å². The van der Waals surface area contributed by atoms with E-state index in [4.69, 9.17) is 9.47 Å². The molecule has 0 aliphatic rings. The molecular weight excluding hydrogens is 344 g/mol. The number of amides is 1. The number of carbonyl (C=O) groups excluding carboxylic acids is 1. The van der Waals surface area contributed by atoms with Gasteiger partial charge in [-0.05, 0) is 44.9 Å². The fourth-order valence-electron chi connectivity index (χ4n) is 2.39. The minimum absolute atomic E-state index is 0.168. The maximum absolute atomic E-state index is 12.2. The smallest absolute Gasteiger partial charge is 0.254 e. The van der Waals surface area contributed by atoms with Gasteiger partial charge in [0.2, 0.25) is 5.95 Å². The summed E-state index contributed by atoms with van der Waals surface area (Å²) in [6.45, 7) is 7.55. The third-order valence-corrected chi connectivity index (χ3v) is 3.89. The van der Waals surface area contributed by atoms with E-state index in [1.54, 1.807) is 20.2 Å². The maximum atomic E-state index is 12.2. The van der Waals surface area contributed by atoms with Crippen molar-refractivity contribution in [1.82, 2.24) is 15.3 Å². The highest BCUT2D eigenvalue weighted by atomic mass is 16.5. The van der Waals surface area contributed by atoms with E-state index in [2.05, 4.69) is 20.6 Å². The Hall–Kier alpha value is -2.67. The third-order valence-electron chi connectivity index (χ3n) is 3.89. The molecule has 2 N–H and O–H groups in total. The molecule has 1 aromatic heterocycles. The molecule has 0 bridgehead atoms. The molecule has 0 saturated carbocycles. The minimum atomic E-state index is -0.168. The zero-order valence-electron chi connectivity index (χ0n) is 16.4. The van der Waals surface area contributed by atoms with Crippen LogP contribution in [0.5, 0.6) is 5.75 Å². The number of nitrogens with zero attached hydrogens (tertiary/aromatic N) is 2. The lowest BCUT2D eigenvalue weighted by Gasteiger charge is -2.10. The molecule has 0 spiro atoms. The molecule has 1 amide bonds. The zero-order chi connectivity index (χ0) is 19.6. The van der Waals surface area contributed by atoms with Crippen LogP contribution in [0.25, 0.3) is 0 Å². The van der Waals surface area contributed by atoms with Crippen molar-refractivity contribution in [3.8, 4) is 5.75 Å². The number of hydrogen-bond acceptors (Lipinski definition) is 6. The van der Waals surface area contributed by atoms with E-state index < -0.39 is 0 Å². The molecule has 146 valence electrons. The first-order chi connectivity index (χ1) is 13.0. The molecule has 2 rings (SSSR count). The normalized spacial score (nSPS) is 10.7. The topological polar surface area (TPSA) is 85.4 Å². The standard InChI is InChI=1S/C20H28N4O3/c1-14(2)27-11-5-10-21-19(25)18-13-23-20(24-15(18)3)22-12-16-6-8-17(26-4)9-7-16/h6-9,13-14H,5,10-12H2,1-4H3,(H,21,25)(H,22,23,24). The van der Waals surface area contributed by atoms with E-state index in [1.807, 2.05) is 38.1 Å². The monoisotopic (exact) mass is 372 g/mol. The average molecular weight is 372 g/mol. The Kier molecular flexibility index (Phi) is 8.00. The van der Waals surface area contributed by atoms with Gasteiger partial charge in [-0.1, -0.05) is 12.1 Å². The molecule has 1 heterocycles. The van der Waals surface area contributed by atoms with Gasteiger partial charge >= 0.3 is 0 Å². The van der Waals surface area contributed by atoms with E-state index in [0.717, 1.165) is 17.7 Å². The Labute approximate surface area is 160 Å². The van der Waals surface area contributed by atoms with Crippen LogP contribution >= 0.6 is 0 Å². The Morgan fingerprint density at radius 2 is 1.96 bits per heavy atom. The molecule has 7 heteroatoms. The highest BCUT2D eigenvalue weighted by molar-refractivity contribution is 5.94. The van der Waals surface area contributed by atoms with Crippen LogP contribution in [0.3, 0.4) is 0 Å². The highest BCUT2D eigenvalue weighted by Gasteiger charge is 2.11. The van der Waals surface area contributed by atoms with Crippen molar-refractivity contribution in [2.75, 3.05) is 25.6 Å². The number of benzene rings is 1. The molecule has 7 nitrogen and oxygen atoms in total. The highest BCUT2D eigenvalue weighted by Crippen LogP contribution is 2.13. The third kappa shape index (κ3) is 6.86. The first-order valence-corrected chi connectivity index (χ1v) is 9.10. The maximum Gasteiger partial charge on any atom is 0.254 e. The number of rotatable bonds is 10. The molecule has 0 fully saturated rings. The van der Waals surface area contributed by atoms with Gasteiger partial charge in [-0.25, -0.2) is 9.97 Å². The SMILES string of the molecule is COc1ccc(CNc2ncc(C(=O)NCCCOC(C)C)c(C)n2)cc1. The van der Waals surface area contributed by atoms with Crippen molar-refractivity contribution < 1.29 is 14.3 Å². The van der Waals surface area contributed by atoms with Gasteiger partial charge in [0.25, 0.3) is 5.91 Å². The van der Waals surface area contributed by atoms with Crippen molar-refractivity contribution >= 4 is 11.9 Å². The van der Waals surface area contributed by atoms with E-state index in [0.29, 0.717) is 36.9 Å². The van der Waals surface area contributed by atoms with Crippen LogP contribution in [0.1, 0.15) is 41.9 Å². The molecule has 0 saturated heterocycles. The van der Waals surface area contributed by atoms with Crippen LogP contribution in [0.15, 0.2) is 30.5 Å². The van der Waals surface area contributed by atoms with Crippen molar-refractivity contribution in [1.29, 1.82) is 0 Å². The summed E-state index contributed by atoms with van der Waals surface area (Å²) >= 11 is 0. The van der Waals surface area contributed by atoms with Gasteiger partial charge in [-0.15, -0.1) is 0 Å². The second kappa shape index (κ2) is 10.5. The van der Waals surface area contributed by atoms with Crippen molar-refractivity contribution in [2.24, 2.45) is 0 Å². The number of aromatic nitrogens is 2. The fraction of sp³-hybridized carbons (Fsp3) is 0.450. The van der Waals surface area contributed by atoms with Crippen LogP contribution in [0, 0.1) is 6.92 Å². The number of ether oxygens (including phenoxy) is 2. The summed E-state index contributed by atoms with van der Waals surface area (Å²) in [5, 5.41) is 6.04. The van der Waals surface area contributed by atoms with Gasteiger partial charge in [0.15, 0.2) is 0 Å². The van der Waals surface area contributed by atoms with Crippen LogP contribution < -0.4 is 15.4 Å². The lowest BCUT2D eigenvalue weighted by molar-refractivity contribution is 0.0757. The summed E-state index contributed by atoms with van der Waals surface area (Å²) in [6, 6.07) is 7.76. The summed E-state index contributed by atoms with van der Waals surface area (Å²) < 4.78 is 10.6. The van der Waals surface area contributed by atoms with E-state index >= 15 is 0 Å². The van der Waals surface area contributed by atoms with E-state index in [9.17, 15) is 4.79 Å². The molecular formula is C20H28N4O3. The summed E-state index contributed by atoms with van der Waals surface area (Å²) in [5.41, 5.74) is 2.20. The lowest BCUT2D eigenvalue weighted by Crippen LogP contribution is -2.27. The molecule has 2 aromatic rings. The minimum Gasteiger partial charge on any atom is -0.497 e. The summed E-state index contributed by atoms with van der Waals surface area (Å²) in [7, 11) is 1.64. The zero-order valence-corrected chi connectivity index (χ0v) is 16.4. The number of aryl methyl sites for hydroxylation is 1. The lowest BCUT2D eigenvalue weighted by atomic mass is 10.2.